The minimum absolute atomic E-state index is 0.000539. The van der Waals surface area contributed by atoms with Crippen LogP contribution in [-0.2, 0) is 33.6 Å². The fourth-order valence-corrected chi connectivity index (χ4v) is 8.58. The summed E-state index contributed by atoms with van der Waals surface area (Å²) in [6, 6.07) is 5.09. The van der Waals surface area contributed by atoms with Crippen LogP contribution in [0.2, 0.25) is 0 Å². The number of nitrogens with zero attached hydrogens (tertiary/aromatic N) is 4. The van der Waals surface area contributed by atoms with Gasteiger partial charge in [0, 0.05) is 59.5 Å². The normalized spacial score (nSPS) is 13.4. The maximum Gasteiger partial charge on any atom is 0.336 e. The zero-order valence-electron chi connectivity index (χ0n) is 43.0. The molecule has 5 amide bonds. The summed E-state index contributed by atoms with van der Waals surface area (Å²) in [5.41, 5.74) is 30.0. The van der Waals surface area contributed by atoms with Crippen LogP contribution in [0.5, 0.6) is 5.75 Å². The second-order valence-electron chi connectivity index (χ2n) is 18.2. The molecule has 2 heterocycles. The highest BCUT2D eigenvalue weighted by atomic mass is 32.2. The van der Waals surface area contributed by atoms with E-state index in [-0.39, 0.29) is 120 Å². The number of aliphatic hydroxyl groups is 1. The van der Waals surface area contributed by atoms with Crippen molar-refractivity contribution in [3.63, 3.8) is 0 Å². The van der Waals surface area contributed by atoms with E-state index in [2.05, 4.69) is 46.5 Å². The summed E-state index contributed by atoms with van der Waals surface area (Å²) in [6.07, 6.45) is -1.64. The van der Waals surface area contributed by atoms with Gasteiger partial charge < -0.3 is 85.2 Å². The van der Waals surface area contributed by atoms with Crippen LogP contribution in [0, 0.1) is 0 Å². The van der Waals surface area contributed by atoms with Gasteiger partial charge in [0.2, 0.25) is 35.5 Å². The number of carboxylic acids is 3. The van der Waals surface area contributed by atoms with Crippen molar-refractivity contribution in [3.8, 4) is 28.2 Å². The average molecular weight is 1130 g/mol. The Morgan fingerprint density at radius 3 is 2.01 bits per heavy atom. The van der Waals surface area contributed by atoms with E-state index >= 15 is 0 Å². The predicted molar refractivity (Wildman–Crippen MR) is 289 cm³/mol. The third kappa shape index (κ3) is 18.0. The number of nitrogens with one attached hydrogen (secondary N) is 5. The molecule has 0 saturated heterocycles. The van der Waals surface area contributed by atoms with Gasteiger partial charge in [-0.25, -0.2) is 9.78 Å². The maximum atomic E-state index is 13.6. The summed E-state index contributed by atoms with van der Waals surface area (Å²) in [4.78, 5) is 131. The number of carbonyl (C=O) groups is 8. The molecule has 0 spiro atoms. The number of aliphatic hydroxyl groups excluding tert-OH is 1. The number of rotatable bonds is 31. The van der Waals surface area contributed by atoms with E-state index in [0.717, 1.165) is 11.8 Å². The van der Waals surface area contributed by atoms with Gasteiger partial charge >= 0.3 is 17.9 Å². The molecular weight excluding hydrogens is 1070 g/mol. The lowest BCUT2D eigenvalue weighted by molar-refractivity contribution is -0.138. The second-order valence-corrected chi connectivity index (χ2v) is 19.2. The smallest absolute Gasteiger partial charge is 0.336 e. The number of phenols is 1. The lowest BCUT2D eigenvalue weighted by Crippen LogP contribution is -2.58. The largest absolute Gasteiger partial charge is 0.508 e. The van der Waals surface area contributed by atoms with Crippen molar-refractivity contribution in [3.05, 3.63) is 76.2 Å². The standard InChI is InChI=1S/C50H62N14O15S/c1-23(43(73)60-35(14-16-39(70)71)46(76)61-34(6-3-17-56-48(54)55)45(75)59-33(41(53)72)13-15-38(68)69)57-44(74)32(52)5-2-4-31(51)42-62-49(64-50(63-42)80-19-18-65)58-24-7-10-27(30(20-24)47(77)78)40-28-11-8-25(66)21-36(28)79-37-22-26(67)9-12-29(37)40/h7-12,20-23,31-35,65-66H,2-6,13-19,51-52H2,1H3,(H2,53,72)(H,57,74)(H,59,75)(H,60,73)(H,61,76)(H,68,69)(H,70,71)(H,77,78)(H4,54,55,56)(H,58,62,63,64)/t23-,31?,32-,33-,34-,35-/m0/s1. The van der Waals surface area contributed by atoms with Gasteiger partial charge in [0.05, 0.1) is 24.3 Å². The number of aromatic nitrogens is 3. The predicted octanol–water partition coefficient (Wildman–Crippen LogP) is -0.293. The van der Waals surface area contributed by atoms with E-state index in [4.69, 9.17) is 38.2 Å². The zero-order chi connectivity index (χ0) is 58.8. The lowest BCUT2D eigenvalue weighted by Gasteiger charge is -2.25. The monoisotopic (exact) mass is 1130 g/mol. The number of aliphatic carboxylic acids is 2. The van der Waals surface area contributed by atoms with E-state index in [9.17, 15) is 63.6 Å². The number of aromatic hydroxyl groups is 1. The quantitative estimate of drug-likeness (QED) is 0.00891. The number of carbonyl (C=O) groups excluding carboxylic acids is 5. The fraction of sp³-hybridized carbons (Fsp3) is 0.380. The molecule has 29 nitrogen and oxygen atoms in total. The molecule has 0 bridgehead atoms. The highest BCUT2D eigenvalue weighted by Crippen LogP contribution is 2.42. The number of aromatic carboxylic acids is 1. The van der Waals surface area contributed by atoms with Gasteiger partial charge in [-0.3, -0.25) is 43.3 Å². The Bertz CT molecular complexity index is 3160. The van der Waals surface area contributed by atoms with E-state index in [0.29, 0.717) is 16.5 Å². The number of fused-ring (bicyclic) bond motifs is 2. The van der Waals surface area contributed by atoms with Gasteiger partial charge in [-0.2, -0.15) is 9.97 Å². The first-order chi connectivity index (χ1) is 37.9. The molecule has 30 heteroatoms. The van der Waals surface area contributed by atoms with Crippen LogP contribution < -0.4 is 60.7 Å². The first kappa shape index (κ1) is 61.8. The number of aliphatic imine (C=N–C) groups is 1. The van der Waals surface area contributed by atoms with Gasteiger partial charge in [-0.05, 0) is 93.8 Å². The number of amides is 5. The summed E-state index contributed by atoms with van der Waals surface area (Å²) in [5.74, 6) is -8.58. The maximum absolute atomic E-state index is 13.6. The number of guanidine groups is 1. The second kappa shape index (κ2) is 29.1. The number of nitrogens with two attached hydrogens (primary N) is 5. The Kier molecular flexibility index (Phi) is 22.5. The molecule has 0 radical (unpaired) electrons. The van der Waals surface area contributed by atoms with Crippen LogP contribution in [0.15, 0.2) is 74.0 Å². The summed E-state index contributed by atoms with van der Waals surface area (Å²) in [7, 11) is 0. The van der Waals surface area contributed by atoms with E-state index in [1.807, 2.05) is 0 Å². The molecule has 2 aliphatic rings. The molecule has 2 aromatic carbocycles. The van der Waals surface area contributed by atoms with Crippen LogP contribution in [0.25, 0.3) is 33.4 Å². The molecule has 1 aromatic heterocycles. The SMILES string of the molecule is C[C@H](NC(=O)[C@@H](N)CCCC(N)c1nc(Nc2ccc(-c3c4ccc(=O)cc-4oc4cc(O)ccc34)c(C(=O)O)c2)nc(SCCO)n1)C(=O)N[C@@H](CCC(=O)O)C(=O)N[C@@H](CCCN=C(N)N)C(=O)N[C@@H](CCC(=O)O)C(N)=O. The molecule has 0 saturated carbocycles. The number of hydrogen-bond donors (Lipinski definition) is 15. The van der Waals surface area contributed by atoms with Crippen molar-refractivity contribution < 1.29 is 68.3 Å². The highest BCUT2D eigenvalue weighted by molar-refractivity contribution is 7.99. The first-order valence-corrected chi connectivity index (χ1v) is 25.8. The van der Waals surface area contributed by atoms with Crippen molar-refractivity contribution in [2.45, 2.75) is 106 Å². The summed E-state index contributed by atoms with van der Waals surface area (Å²) >= 11 is 1.09. The van der Waals surface area contributed by atoms with Gasteiger partial charge in [0.15, 0.2) is 22.4 Å². The molecule has 20 N–H and O–H groups in total. The van der Waals surface area contributed by atoms with Crippen molar-refractivity contribution in [1.82, 2.24) is 36.2 Å². The Morgan fingerprint density at radius 2 is 1.36 bits per heavy atom. The molecule has 1 aliphatic heterocycles. The number of benzene rings is 3. The lowest BCUT2D eigenvalue weighted by atomic mass is 9.90. The van der Waals surface area contributed by atoms with E-state index < -0.39 is 103 Å². The topological polar surface area (TPSA) is 509 Å². The third-order valence-corrected chi connectivity index (χ3v) is 12.9. The molecule has 6 atom stereocenters. The molecular formula is C50H62N14O15S. The highest BCUT2D eigenvalue weighted by Gasteiger charge is 2.32. The Labute approximate surface area is 459 Å². The molecule has 0 fully saturated rings. The fourth-order valence-electron chi connectivity index (χ4n) is 8.00. The van der Waals surface area contributed by atoms with Gasteiger partial charge in [-0.15, -0.1) is 0 Å². The van der Waals surface area contributed by atoms with E-state index in [1.165, 1.54) is 43.3 Å². The minimum atomic E-state index is -1.58. The Balaban J connectivity index is 1.24. The average Bonchev–Trinajstić information content (AvgIpc) is 3.39. The first-order valence-electron chi connectivity index (χ1n) is 24.8. The number of anilines is 2. The van der Waals surface area contributed by atoms with Crippen LogP contribution in [-0.4, -0.2) is 143 Å². The Morgan fingerprint density at radius 1 is 0.713 bits per heavy atom. The van der Waals surface area contributed by atoms with Gasteiger partial charge in [-0.1, -0.05) is 17.8 Å². The minimum Gasteiger partial charge on any atom is -0.508 e. The van der Waals surface area contributed by atoms with Gasteiger partial charge in [0.1, 0.15) is 41.3 Å². The molecule has 1 aliphatic carbocycles. The van der Waals surface area contributed by atoms with Crippen LogP contribution in [0.3, 0.4) is 0 Å². The van der Waals surface area contributed by atoms with Crippen LogP contribution in [0.1, 0.15) is 86.9 Å². The van der Waals surface area contributed by atoms with E-state index in [1.54, 1.807) is 18.2 Å². The van der Waals surface area contributed by atoms with Crippen LogP contribution in [0.4, 0.5) is 11.6 Å². The number of thioether (sulfide) groups is 1. The molecule has 1 unspecified atom stereocenters. The summed E-state index contributed by atoms with van der Waals surface area (Å²) in [6.45, 7) is 1.06. The molecule has 428 valence electrons. The van der Waals surface area contributed by atoms with Crippen molar-refractivity contribution in [2.75, 3.05) is 24.2 Å². The van der Waals surface area contributed by atoms with Crippen molar-refractivity contribution in [2.24, 2.45) is 33.7 Å². The number of hydrogen-bond acceptors (Lipinski definition) is 20. The summed E-state index contributed by atoms with van der Waals surface area (Å²) in [5, 5.41) is 61.9. The number of carboxylic acid groups (broad SMARTS) is 3. The van der Waals surface area contributed by atoms with Gasteiger partial charge in [0.25, 0.3) is 0 Å². The van der Waals surface area contributed by atoms with Crippen molar-refractivity contribution >= 4 is 87.8 Å². The number of phenolic OH excluding ortho intramolecular Hbond substituents is 1. The summed E-state index contributed by atoms with van der Waals surface area (Å²) < 4.78 is 5.92. The molecule has 5 rings (SSSR count). The molecule has 80 heavy (non-hydrogen) atoms. The molecule has 3 aromatic rings. The number of primary amides is 1. The van der Waals surface area contributed by atoms with Crippen LogP contribution >= 0.6 is 11.8 Å². The van der Waals surface area contributed by atoms with Crippen molar-refractivity contribution in [1.29, 1.82) is 0 Å². The Hall–Kier alpha value is -9.00. The third-order valence-electron chi connectivity index (χ3n) is 12.0. The zero-order valence-corrected chi connectivity index (χ0v) is 43.9.